The summed E-state index contributed by atoms with van der Waals surface area (Å²) in [5.41, 5.74) is 0.817. The third-order valence-electron chi connectivity index (χ3n) is 3.30. The molecule has 0 unspecified atom stereocenters. The van der Waals surface area contributed by atoms with E-state index in [0.717, 1.165) is 12.0 Å². The summed E-state index contributed by atoms with van der Waals surface area (Å²) in [5, 5.41) is 23.1. The molecule has 2 rings (SSSR count). The quantitative estimate of drug-likeness (QED) is 0.942. The Morgan fingerprint density at radius 2 is 2.14 bits per heavy atom. The molecule has 0 bridgehead atoms. The summed E-state index contributed by atoms with van der Waals surface area (Å²) < 4.78 is 1.52. The van der Waals surface area contributed by atoms with E-state index in [-0.39, 0.29) is 16.7 Å². The Kier molecular flexibility index (Phi) is 4.19. The molecule has 2 aromatic rings. The van der Waals surface area contributed by atoms with Crippen LogP contribution in [0.1, 0.15) is 32.8 Å². The van der Waals surface area contributed by atoms with Crippen LogP contribution in [0.2, 0.25) is 0 Å². The lowest BCUT2D eigenvalue weighted by Gasteiger charge is -2.19. The summed E-state index contributed by atoms with van der Waals surface area (Å²) in [6.07, 6.45) is 2.46. The highest BCUT2D eigenvalue weighted by Gasteiger charge is 2.18. The van der Waals surface area contributed by atoms with Crippen molar-refractivity contribution in [2.24, 2.45) is 5.41 Å². The SMILES string of the molecule is CC(C)(C)CCn1cc(-c2ccsc2)c(O)c(C#N)c1=O. The summed E-state index contributed by atoms with van der Waals surface area (Å²) in [7, 11) is 0. The highest BCUT2D eigenvalue weighted by Crippen LogP contribution is 2.31. The van der Waals surface area contributed by atoms with E-state index in [2.05, 4.69) is 20.8 Å². The number of nitrogens with zero attached hydrogens (tertiary/aromatic N) is 2. The molecule has 0 spiro atoms. The van der Waals surface area contributed by atoms with Gasteiger partial charge in [0.05, 0.1) is 0 Å². The molecule has 5 heteroatoms. The normalized spacial score (nSPS) is 11.3. The number of aryl methyl sites for hydroxylation is 1. The zero-order valence-electron chi connectivity index (χ0n) is 12.4. The molecular formula is C16H18N2O2S. The number of pyridine rings is 1. The minimum absolute atomic E-state index is 0.0900. The zero-order valence-corrected chi connectivity index (χ0v) is 13.2. The van der Waals surface area contributed by atoms with Crippen LogP contribution in [-0.2, 0) is 6.54 Å². The molecule has 0 amide bonds. The van der Waals surface area contributed by atoms with Gasteiger partial charge in [0, 0.05) is 18.3 Å². The molecule has 4 nitrogen and oxygen atoms in total. The molecule has 21 heavy (non-hydrogen) atoms. The Labute approximate surface area is 127 Å². The number of aromatic hydroxyl groups is 1. The van der Waals surface area contributed by atoms with E-state index in [9.17, 15) is 9.90 Å². The maximum Gasteiger partial charge on any atom is 0.272 e. The number of hydrogen-bond donors (Lipinski definition) is 1. The summed E-state index contributed by atoms with van der Waals surface area (Å²) >= 11 is 1.50. The Bertz CT molecular complexity index is 731. The standard InChI is InChI=1S/C16H18N2O2S/c1-16(2,3)5-6-18-9-13(11-4-7-21-10-11)14(19)12(8-17)15(18)20/h4,7,9-10,19H,5-6H2,1-3H3. The summed E-state index contributed by atoms with van der Waals surface area (Å²) in [5.74, 6) is -0.229. The number of thiophene rings is 1. The molecule has 2 heterocycles. The molecule has 1 N–H and O–H groups in total. The van der Waals surface area contributed by atoms with E-state index in [0.29, 0.717) is 12.1 Å². The maximum absolute atomic E-state index is 12.2. The van der Waals surface area contributed by atoms with Crippen LogP contribution < -0.4 is 5.56 Å². The van der Waals surface area contributed by atoms with Crippen LogP contribution in [0.5, 0.6) is 5.75 Å². The Hall–Kier alpha value is -2.06. The second-order valence-corrected chi connectivity index (χ2v) is 6.98. The van der Waals surface area contributed by atoms with E-state index < -0.39 is 5.56 Å². The number of rotatable bonds is 3. The van der Waals surface area contributed by atoms with Gasteiger partial charge in [-0.15, -0.1) is 0 Å². The van der Waals surface area contributed by atoms with Crippen LogP contribution in [0.4, 0.5) is 0 Å². The molecule has 0 saturated carbocycles. The van der Waals surface area contributed by atoms with Gasteiger partial charge in [0.2, 0.25) is 0 Å². The molecule has 0 fully saturated rings. The molecule has 0 atom stereocenters. The second-order valence-electron chi connectivity index (χ2n) is 6.20. The van der Waals surface area contributed by atoms with Gasteiger partial charge in [-0.25, -0.2) is 0 Å². The van der Waals surface area contributed by atoms with Crippen molar-refractivity contribution in [1.29, 1.82) is 5.26 Å². The lowest BCUT2D eigenvalue weighted by atomic mass is 9.92. The minimum atomic E-state index is -0.432. The third kappa shape index (κ3) is 3.34. The third-order valence-corrected chi connectivity index (χ3v) is 3.98. The van der Waals surface area contributed by atoms with E-state index in [4.69, 9.17) is 5.26 Å². The van der Waals surface area contributed by atoms with Crippen molar-refractivity contribution in [3.63, 3.8) is 0 Å². The van der Waals surface area contributed by atoms with Crippen molar-refractivity contribution in [1.82, 2.24) is 4.57 Å². The average Bonchev–Trinajstić information content (AvgIpc) is 2.91. The fourth-order valence-corrected chi connectivity index (χ4v) is 2.66. The van der Waals surface area contributed by atoms with Gasteiger partial charge in [-0.05, 0) is 34.2 Å². The first-order valence-corrected chi connectivity index (χ1v) is 7.67. The monoisotopic (exact) mass is 302 g/mol. The first-order chi connectivity index (χ1) is 9.83. The first-order valence-electron chi connectivity index (χ1n) is 6.72. The van der Waals surface area contributed by atoms with Gasteiger partial charge < -0.3 is 9.67 Å². The van der Waals surface area contributed by atoms with Crippen molar-refractivity contribution in [3.05, 3.63) is 38.9 Å². The summed E-state index contributed by atoms with van der Waals surface area (Å²) in [6.45, 7) is 6.82. The molecule has 110 valence electrons. The van der Waals surface area contributed by atoms with Crippen molar-refractivity contribution in [2.75, 3.05) is 0 Å². The number of aromatic nitrogens is 1. The fourth-order valence-electron chi connectivity index (χ4n) is 2.01. The van der Waals surface area contributed by atoms with Crippen molar-refractivity contribution in [2.45, 2.75) is 33.7 Å². The van der Waals surface area contributed by atoms with Crippen molar-refractivity contribution >= 4 is 11.3 Å². The smallest absolute Gasteiger partial charge is 0.272 e. The van der Waals surface area contributed by atoms with Crippen LogP contribution in [0.3, 0.4) is 0 Å². The Morgan fingerprint density at radius 3 is 2.67 bits per heavy atom. The van der Waals surface area contributed by atoms with Crippen molar-refractivity contribution in [3.8, 4) is 22.9 Å². The largest absolute Gasteiger partial charge is 0.506 e. The van der Waals surface area contributed by atoms with Gasteiger partial charge in [-0.2, -0.15) is 16.6 Å². The molecule has 0 aromatic carbocycles. The van der Waals surface area contributed by atoms with Crippen LogP contribution in [-0.4, -0.2) is 9.67 Å². The first kappa shape index (κ1) is 15.3. The Balaban J connectivity index is 2.54. The molecule has 0 aliphatic heterocycles. The van der Waals surface area contributed by atoms with E-state index in [1.54, 1.807) is 6.20 Å². The highest BCUT2D eigenvalue weighted by molar-refractivity contribution is 7.08. The minimum Gasteiger partial charge on any atom is -0.506 e. The average molecular weight is 302 g/mol. The van der Waals surface area contributed by atoms with Gasteiger partial charge in [0.1, 0.15) is 11.8 Å². The van der Waals surface area contributed by atoms with Crippen molar-refractivity contribution < 1.29 is 5.11 Å². The van der Waals surface area contributed by atoms with Gasteiger partial charge in [-0.3, -0.25) is 4.79 Å². The van der Waals surface area contributed by atoms with Crippen LogP contribution in [0.25, 0.3) is 11.1 Å². The number of nitriles is 1. The molecule has 0 aliphatic rings. The maximum atomic E-state index is 12.2. The highest BCUT2D eigenvalue weighted by atomic mass is 32.1. The van der Waals surface area contributed by atoms with Crippen LogP contribution in [0, 0.1) is 16.7 Å². The van der Waals surface area contributed by atoms with E-state index in [1.807, 2.05) is 22.9 Å². The molecule has 2 aromatic heterocycles. The topological polar surface area (TPSA) is 66.0 Å². The van der Waals surface area contributed by atoms with Crippen LogP contribution in [0.15, 0.2) is 27.8 Å². The predicted molar refractivity (Wildman–Crippen MR) is 84.5 cm³/mol. The van der Waals surface area contributed by atoms with Gasteiger partial charge >= 0.3 is 0 Å². The lowest BCUT2D eigenvalue weighted by molar-refractivity contribution is 0.347. The summed E-state index contributed by atoms with van der Waals surface area (Å²) in [4.78, 5) is 12.2. The zero-order chi connectivity index (χ0) is 15.6. The number of hydrogen-bond acceptors (Lipinski definition) is 4. The van der Waals surface area contributed by atoms with Gasteiger partial charge in [0.15, 0.2) is 5.56 Å². The van der Waals surface area contributed by atoms with Crippen LogP contribution >= 0.6 is 11.3 Å². The second kappa shape index (κ2) is 5.74. The molecular weight excluding hydrogens is 284 g/mol. The predicted octanol–water partition coefficient (Wildman–Crippen LogP) is 3.59. The van der Waals surface area contributed by atoms with Gasteiger partial charge in [-0.1, -0.05) is 20.8 Å². The molecule has 0 aliphatic carbocycles. The fraction of sp³-hybridized carbons (Fsp3) is 0.375. The van der Waals surface area contributed by atoms with E-state index in [1.165, 1.54) is 15.9 Å². The molecule has 0 radical (unpaired) electrons. The summed E-state index contributed by atoms with van der Waals surface area (Å²) in [6, 6.07) is 3.68. The van der Waals surface area contributed by atoms with Gasteiger partial charge in [0.25, 0.3) is 5.56 Å². The lowest BCUT2D eigenvalue weighted by Crippen LogP contribution is -2.24. The van der Waals surface area contributed by atoms with E-state index >= 15 is 0 Å². The Morgan fingerprint density at radius 1 is 1.43 bits per heavy atom. The molecule has 0 saturated heterocycles.